The van der Waals surface area contributed by atoms with Crippen molar-refractivity contribution in [2.24, 2.45) is 0 Å². The normalized spacial score (nSPS) is 11.1. The van der Waals surface area contributed by atoms with Crippen LogP contribution in [-0.2, 0) is 0 Å². The van der Waals surface area contributed by atoms with Gasteiger partial charge in [0.2, 0.25) is 5.78 Å². The molecule has 2 aromatic heterocycles. The Balaban J connectivity index is 1.70. The zero-order valence-corrected chi connectivity index (χ0v) is 16.3. The summed E-state index contributed by atoms with van der Waals surface area (Å²) in [5.41, 5.74) is 10.3. The highest BCUT2D eigenvalue weighted by Gasteiger charge is 2.23. The Kier molecular flexibility index (Phi) is 4.37. The van der Waals surface area contributed by atoms with Crippen LogP contribution >= 0.6 is 22.9 Å². The number of aromatic amines is 1. The van der Waals surface area contributed by atoms with Gasteiger partial charge >= 0.3 is 0 Å². The molecule has 0 aliphatic carbocycles. The predicted molar refractivity (Wildman–Crippen MR) is 112 cm³/mol. The number of carbonyl (C=O) groups is 1. The number of aryl methyl sites for hydroxylation is 2. The molecule has 4 N–H and O–H groups in total. The van der Waals surface area contributed by atoms with Crippen LogP contribution in [0, 0.1) is 13.8 Å². The maximum absolute atomic E-state index is 13.2. The molecule has 0 saturated carbocycles. The van der Waals surface area contributed by atoms with E-state index >= 15 is 0 Å². The van der Waals surface area contributed by atoms with Crippen LogP contribution in [0.2, 0.25) is 5.02 Å². The number of nitrogens with zero attached hydrogens (tertiary/aromatic N) is 1. The van der Waals surface area contributed by atoms with Crippen molar-refractivity contribution in [3.63, 3.8) is 0 Å². The van der Waals surface area contributed by atoms with Gasteiger partial charge in [0.1, 0.15) is 10.7 Å². The van der Waals surface area contributed by atoms with E-state index in [1.807, 2.05) is 50.2 Å². The summed E-state index contributed by atoms with van der Waals surface area (Å²) in [4.78, 5) is 21.2. The van der Waals surface area contributed by atoms with Gasteiger partial charge in [-0.3, -0.25) is 4.79 Å². The summed E-state index contributed by atoms with van der Waals surface area (Å²) in [6.45, 7) is 3.84. The Hall–Kier alpha value is -2.83. The fourth-order valence-corrected chi connectivity index (χ4v) is 4.18. The van der Waals surface area contributed by atoms with E-state index in [1.54, 1.807) is 6.07 Å². The molecule has 4 aromatic rings. The second kappa shape index (κ2) is 6.72. The van der Waals surface area contributed by atoms with Crippen molar-refractivity contribution in [2.75, 3.05) is 11.1 Å². The van der Waals surface area contributed by atoms with Crippen LogP contribution in [0.5, 0.6) is 0 Å². The molecule has 136 valence electrons. The van der Waals surface area contributed by atoms with Crippen molar-refractivity contribution in [2.45, 2.75) is 13.8 Å². The van der Waals surface area contributed by atoms with E-state index in [9.17, 15) is 4.79 Å². The highest BCUT2D eigenvalue weighted by Crippen LogP contribution is 2.33. The van der Waals surface area contributed by atoms with E-state index in [-0.39, 0.29) is 11.6 Å². The molecule has 2 heterocycles. The van der Waals surface area contributed by atoms with Gasteiger partial charge in [-0.2, -0.15) is 0 Å². The molecule has 0 unspecified atom stereocenters. The molecule has 0 atom stereocenters. The van der Waals surface area contributed by atoms with Crippen LogP contribution < -0.4 is 11.1 Å². The number of rotatable bonds is 4. The van der Waals surface area contributed by atoms with E-state index in [0.29, 0.717) is 20.6 Å². The monoisotopic (exact) mass is 396 g/mol. The smallest absolute Gasteiger partial charge is 0.209 e. The number of thiazole rings is 1. The fraction of sp³-hybridized carbons (Fsp3) is 0.100. The third-order valence-corrected chi connectivity index (χ3v) is 5.63. The fourth-order valence-electron chi connectivity index (χ4n) is 3.11. The Labute approximate surface area is 165 Å². The van der Waals surface area contributed by atoms with Crippen LogP contribution in [-0.4, -0.2) is 15.8 Å². The number of ketones is 1. The third-order valence-electron chi connectivity index (χ3n) is 4.41. The number of nitrogen functional groups attached to an aromatic ring is 1. The maximum atomic E-state index is 13.2. The first-order chi connectivity index (χ1) is 12.9. The SMILES string of the molecule is Cc1cc(Cl)ccc1Nc1nc(N)c(C(=O)c2c(C)[nH]c3ccccc23)s1. The first kappa shape index (κ1) is 17.6. The molecule has 5 nitrogen and oxygen atoms in total. The third kappa shape index (κ3) is 3.18. The lowest BCUT2D eigenvalue weighted by Gasteiger charge is -2.06. The molecule has 0 saturated heterocycles. The zero-order valence-electron chi connectivity index (χ0n) is 14.8. The number of carbonyl (C=O) groups excluding carboxylic acids is 1. The van der Waals surface area contributed by atoms with Crippen molar-refractivity contribution < 1.29 is 4.79 Å². The number of nitrogens with two attached hydrogens (primary N) is 1. The molecule has 2 aromatic carbocycles. The van der Waals surface area contributed by atoms with Gasteiger partial charge in [-0.1, -0.05) is 41.1 Å². The Morgan fingerprint density at radius 2 is 2.00 bits per heavy atom. The molecular weight excluding hydrogens is 380 g/mol. The maximum Gasteiger partial charge on any atom is 0.209 e. The summed E-state index contributed by atoms with van der Waals surface area (Å²) in [6.07, 6.45) is 0. The Morgan fingerprint density at radius 1 is 1.22 bits per heavy atom. The predicted octanol–water partition coefficient (Wildman–Crippen LogP) is 5.45. The van der Waals surface area contributed by atoms with Gasteiger partial charge in [0.15, 0.2) is 5.13 Å². The van der Waals surface area contributed by atoms with Crippen molar-refractivity contribution in [3.8, 4) is 0 Å². The molecule has 0 bridgehead atoms. The van der Waals surface area contributed by atoms with Crippen LogP contribution in [0.15, 0.2) is 42.5 Å². The van der Waals surface area contributed by atoms with Crippen molar-refractivity contribution >= 4 is 56.3 Å². The van der Waals surface area contributed by atoms with Crippen LogP contribution in [0.4, 0.5) is 16.6 Å². The summed E-state index contributed by atoms with van der Waals surface area (Å²) >= 11 is 7.25. The number of hydrogen-bond acceptors (Lipinski definition) is 5. The van der Waals surface area contributed by atoms with Crippen LogP contribution in [0.25, 0.3) is 10.9 Å². The highest BCUT2D eigenvalue weighted by molar-refractivity contribution is 7.18. The summed E-state index contributed by atoms with van der Waals surface area (Å²) in [6, 6.07) is 13.3. The van der Waals surface area contributed by atoms with Gasteiger partial charge < -0.3 is 16.0 Å². The molecule has 27 heavy (non-hydrogen) atoms. The number of anilines is 3. The van der Waals surface area contributed by atoms with Crippen molar-refractivity contribution in [1.29, 1.82) is 0 Å². The standard InChI is InChI=1S/C20H17ClN4OS/c1-10-9-12(21)7-8-14(10)24-20-25-19(22)18(27-20)17(26)16-11(2)23-15-6-4-3-5-13(15)16/h3-9,23H,22H2,1-2H3,(H,24,25). The molecule has 0 aliphatic rings. The van der Waals surface area contributed by atoms with Gasteiger partial charge in [0, 0.05) is 27.3 Å². The number of H-pyrrole nitrogens is 1. The highest BCUT2D eigenvalue weighted by atomic mass is 35.5. The van der Waals surface area contributed by atoms with E-state index in [2.05, 4.69) is 15.3 Å². The summed E-state index contributed by atoms with van der Waals surface area (Å²) in [5.74, 6) is 0.102. The number of hydrogen-bond donors (Lipinski definition) is 3. The minimum Gasteiger partial charge on any atom is -0.382 e. The first-order valence-corrected chi connectivity index (χ1v) is 9.55. The minimum atomic E-state index is -0.124. The van der Waals surface area contributed by atoms with Crippen molar-refractivity contribution in [3.05, 3.63) is 69.2 Å². The van der Waals surface area contributed by atoms with Crippen LogP contribution in [0.3, 0.4) is 0 Å². The summed E-state index contributed by atoms with van der Waals surface area (Å²) in [7, 11) is 0. The molecular formula is C20H17ClN4OS. The lowest BCUT2D eigenvalue weighted by molar-refractivity contribution is 0.104. The molecule has 0 radical (unpaired) electrons. The summed E-state index contributed by atoms with van der Waals surface area (Å²) < 4.78 is 0. The number of nitrogens with one attached hydrogen (secondary N) is 2. The Bertz CT molecular complexity index is 1180. The van der Waals surface area contributed by atoms with E-state index < -0.39 is 0 Å². The second-order valence-electron chi connectivity index (χ2n) is 6.32. The second-order valence-corrected chi connectivity index (χ2v) is 7.75. The molecule has 0 fully saturated rings. The Morgan fingerprint density at radius 3 is 2.78 bits per heavy atom. The van der Waals surface area contributed by atoms with E-state index in [1.165, 1.54) is 11.3 Å². The zero-order chi connectivity index (χ0) is 19.1. The van der Waals surface area contributed by atoms with E-state index in [0.717, 1.165) is 27.8 Å². The van der Waals surface area contributed by atoms with Gasteiger partial charge in [-0.15, -0.1) is 0 Å². The molecule has 7 heteroatoms. The molecule has 4 rings (SSSR count). The summed E-state index contributed by atoms with van der Waals surface area (Å²) in [5, 5.41) is 5.34. The molecule has 0 spiro atoms. The lowest BCUT2D eigenvalue weighted by Crippen LogP contribution is -2.03. The number of para-hydroxylation sites is 1. The van der Waals surface area contributed by atoms with Gasteiger partial charge in [0.25, 0.3) is 0 Å². The van der Waals surface area contributed by atoms with Gasteiger partial charge in [0.05, 0.1) is 5.56 Å². The number of aromatic nitrogens is 2. The van der Waals surface area contributed by atoms with Gasteiger partial charge in [-0.05, 0) is 43.7 Å². The molecule has 0 amide bonds. The largest absolute Gasteiger partial charge is 0.382 e. The van der Waals surface area contributed by atoms with E-state index in [4.69, 9.17) is 17.3 Å². The van der Waals surface area contributed by atoms with Crippen molar-refractivity contribution in [1.82, 2.24) is 9.97 Å². The number of benzene rings is 2. The quantitative estimate of drug-likeness (QED) is 0.400. The first-order valence-electron chi connectivity index (χ1n) is 8.35. The van der Waals surface area contributed by atoms with Gasteiger partial charge in [-0.25, -0.2) is 4.98 Å². The average Bonchev–Trinajstić information content (AvgIpc) is 3.15. The number of fused-ring (bicyclic) bond motifs is 1. The number of halogens is 1. The van der Waals surface area contributed by atoms with Crippen LogP contribution in [0.1, 0.15) is 26.5 Å². The molecule has 0 aliphatic heterocycles. The average molecular weight is 397 g/mol. The minimum absolute atomic E-state index is 0.124. The lowest BCUT2D eigenvalue weighted by atomic mass is 10.1. The topological polar surface area (TPSA) is 83.8 Å².